The predicted molar refractivity (Wildman–Crippen MR) is 195 cm³/mol. The second-order valence-corrected chi connectivity index (χ2v) is 13.3. The highest BCUT2D eigenvalue weighted by atomic mass is 16.4. The number of amides is 4. The van der Waals surface area contributed by atoms with Gasteiger partial charge in [-0.05, 0) is 74.4 Å². The summed E-state index contributed by atoms with van der Waals surface area (Å²) in [6, 6.07) is 8.22. The first-order valence-electron chi connectivity index (χ1n) is 17.7. The smallest absolute Gasteiger partial charge is 0.326 e. The van der Waals surface area contributed by atoms with Crippen LogP contribution in [0.3, 0.4) is 0 Å². The molecule has 0 spiro atoms. The number of para-hydroxylation sites is 1. The summed E-state index contributed by atoms with van der Waals surface area (Å²) >= 11 is 0. The van der Waals surface area contributed by atoms with E-state index >= 15 is 0 Å². The van der Waals surface area contributed by atoms with E-state index in [-0.39, 0.29) is 44.4 Å². The number of carboxylic acid groups (broad SMARTS) is 1. The van der Waals surface area contributed by atoms with Gasteiger partial charge in [-0.15, -0.1) is 0 Å². The third kappa shape index (κ3) is 10.2. The highest BCUT2D eigenvalue weighted by molar-refractivity contribution is 5.96. The van der Waals surface area contributed by atoms with Crippen LogP contribution in [-0.4, -0.2) is 103 Å². The van der Waals surface area contributed by atoms with Crippen LogP contribution < -0.4 is 27.4 Å². The first-order chi connectivity index (χ1) is 25.5. The molecular formula is C37H47N9O7. The van der Waals surface area contributed by atoms with Crippen LogP contribution in [-0.2, 0) is 43.2 Å². The van der Waals surface area contributed by atoms with Gasteiger partial charge in [0, 0.05) is 48.4 Å². The first-order valence-corrected chi connectivity index (χ1v) is 17.7. The zero-order valence-electron chi connectivity index (χ0n) is 29.3. The molecule has 5 rings (SSSR count). The van der Waals surface area contributed by atoms with E-state index < -0.39 is 59.8 Å². The number of aromatic nitrogens is 3. The molecule has 0 bridgehead atoms. The van der Waals surface area contributed by atoms with Gasteiger partial charge in [-0.2, -0.15) is 0 Å². The number of nitrogens with one attached hydrogen (secondary N) is 5. The van der Waals surface area contributed by atoms with Gasteiger partial charge < -0.3 is 52.5 Å². The fourth-order valence-corrected chi connectivity index (χ4v) is 6.60. The number of aromatic amines is 2. The van der Waals surface area contributed by atoms with E-state index in [2.05, 4.69) is 30.9 Å². The highest BCUT2D eigenvalue weighted by Gasteiger charge is 2.39. The van der Waals surface area contributed by atoms with E-state index in [4.69, 9.17) is 11.5 Å². The van der Waals surface area contributed by atoms with Gasteiger partial charge in [-0.1, -0.05) is 30.3 Å². The minimum absolute atomic E-state index is 0.00942. The molecule has 53 heavy (non-hydrogen) atoms. The van der Waals surface area contributed by atoms with Crippen LogP contribution in [0.5, 0.6) is 5.75 Å². The van der Waals surface area contributed by atoms with Crippen molar-refractivity contribution in [2.75, 3.05) is 13.1 Å². The van der Waals surface area contributed by atoms with Crippen LogP contribution in [0.1, 0.15) is 48.9 Å². The van der Waals surface area contributed by atoms with E-state index in [1.165, 1.54) is 29.6 Å². The Hall–Kier alpha value is -5.74. The topological polar surface area (TPSA) is 262 Å². The molecule has 16 heteroatoms. The Balaban J connectivity index is 1.34. The fourth-order valence-electron chi connectivity index (χ4n) is 6.60. The Bertz CT molecular complexity index is 1860. The standard InChI is InChI=1S/C37H47N9O7/c38-14-4-3-8-29(43-33(48)27(39)17-23-19-41-28-7-2-1-6-26(23)28)34(49)44-30(18-24-20-40-21-42-24)35(50)45-31(16-22-10-12-25(47)13-11-22)36(51)46-15-5-9-32(46)37(52)53/h1-2,6-7,10-13,19-21,27,29-32,41,47H,3-5,8-9,14-18,38-39H2,(H,40,42)(H,43,48)(H,44,49)(H,45,50)(H,52,53)/t27-,29-,30-,31-,32-/m0/s1. The molecule has 0 radical (unpaired) electrons. The molecule has 4 amide bonds. The van der Waals surface area contributed by atoms with E-state index in [0.717, 1.165) is 16.5 Å². The molecule has 2 aromatic heterocycles. The minimum Gasteiger partial charge on any atom is -0.508 e. The number of aromatic hydroxyl groups is 1. The molecule has 5 atom stereocenters. The maximum absolute atomic E-state index is 14.1. The summed E-state index contributed by atoms with van der Waals surface area (Å²) in [7, 11) is 0. The number of benzene rings is 2. The van der Waals surface area contributed by atoms with Crippen LogP contribution >= 0.6 is 0 Å². The normalized spacial score (nSPS) is 16.4. The number of rotatable bonds is 18. The number of carboxylic acids is 1. The summed E-state index contributed by atoms with van der Waals surface area (Å²) < 4.78 is 0. The van der Waals surface area contributed by atoms with Crippen LogP contribution in [0, 0.1) is 0 Å². The Labute approximate surface area is 306 Å². The minimum atomic E-state index is -1.24. The number of hydrogen-bond acceptors (Lipinski definition) is 9. The number of nitrogens with two attached hydrogens (primary N) is 2. The van der Waals surface area contributed by atoms with Crippen LogP contribution in [0.4, 0.5) is 0 Å². The fraction of sp³-hybridized carbons (Fsp3) is 0.405. The number of carbonyl (C=O) groups excluding carboxylic acids is 4. The molecule has 2 aromatic carbocycles. The number of carbonyl (C=O) groups is 5. The van der Waals surface area contributed by atoms with E-state index in [1.54, 1.807) is 18.3 Å². The maximum Gasteiger partial charge on any atom is 0.326 e. The van der Waals surface area contributed by atoms with E-state index in [1.807, 2.05) is 24.3 Å². The number of aliphatic carboxylic acids is 1. The van der Waals surface area contributed by atoms with Crippen LogP contribution in [0.25, 0.3) is 10.9 Å². The molecule has 11 N–H and O–H groups in total. The van der Waals surface area contributed by atoms with Crippen molar-refractivity contribution in [2.45, 2.75) is 81.6 Å². The van der Waals surface area contributed by atoms with Crippen molar-refractivity contribution in [2.24, 2.45) is 11.5 Å². The molecular weight excluding hydrogens is 682 g/mol. The molecule has 0 aliphatic carbocycles. The van der Waals surface area contributed by atoms with Crippen molar-refractivity contribution < 1.29 is 34.2 Å². The number of imidazole rings is 1. The summed E-state index contributed by atoms with van der Waals surface area (Å²) in [6.07, 6.45) is 6.98. The summed E-state index contributed by atoms with van der Waals surface area (Å²) in [5.74, 6) is -3.60. The second kappa shape index (κ2) is 18.1. The van der Waals surface area contributed by atoms with Crippen molar-refractivity contribution in [1.82, 2.24) is 35.8 Å². The predicted octanol–water partition coefficient (Wildman–Crippen LogP) is 0.611. The van der Waals surface area contributed by atoms with Crippen molar-refractivity contribution >= 4 is 40.5 Å². The number of H-pyrrole nitrogens is 2. The van der Waals surface area contributed by atoms with Crippen molar-refractivity contribution in [3.8, 4) is 5.75 Å². The molecule has 16 nitrogen and oxygen atoms in total. The number of nitrogens with zero attached hydrogens (tertiary/aromatic N) is 2. The summed E-state index contributed by atoms with van der Waals surface area (Å²) in [4.78, 5) is 78.6. The molecule has 1 saturated heterocycles. The van der Waals surface area contributed by atoms with Crippen molar-refractivity contribution in [3.63, 3.8) is 0 Å². The number of hydrogen-bond donors (Lipinski definition) is 9. The lowest BCUT2D eigenvalue weighted by Crippen LogP contribution is -2.59. The summed E-state index contributed by atoms with van der Waals surface area (Å²) in [5, 5.41) is 28.8. The average molecular weight is 730 g/mol. The lowest BCUT2D eigenvalue weighted by atomic mass is 10.0. The van der Waals surface area contributed by atoms with Crippen molar-refractivity contribution in [1.29, 1.82) is 0 Å². The number of phenols is 1. The molecule has 1 aliphatic heterocycles. The Morgan fingerprint density at radius 1 is 0.887 bits per heavy atom. The number of fused-ring (bicyclic) bond motifs is 1. The Morgan fingerprint density at radius 2 is 1.60 bits per heavy atom. The lowest BCUT2D eigenvalue weighted by Gasteiger charge is -2.29. The van der Waals surface area contributed by atoms with E-state index in [0.29, 0.717) is 37.1 Å². The molecule has 0 unspecified atom stereocenters. The average Bonchev–Trinajstić information content (AvgIpc) is 3.93. The zero-order chi connectivity index (χ0) is 37.9. The highest BCUT2D eigenvalue weighted by Crippen LogP contribution is 2.21. The van der Waals surface area contributed by atoms with Gasteiger partial charge in [0.05, 0.1) is 12.4 Å². The monoisotopic (exact) mass is 729 g/mol. The molecule has 282 valence electrons. The molecule has 0 saturated carbocycles. The van der Waals surface area contributed by atoms with E-state index in [9.17, 15) is 34.2 Å². The Morgan fingerprint density at radius 3 is 2.32 bits per heavy atom. The third-order valence-electron chi connectivity index (χ3n) is 9.45. The van der Waals surface area contributed by atoms with Gasteiger partial charge in [-0.3, -0.25) is 19.2 Å². The van der Waals surface area contributed by atoms with Gasteiger partial charge >= 0.3 is 5.97 Å². The van der Waals surface area contributed by atoms with Crippen molar-refractivity contribution in [3.05, 3.63) is 84.1 Å². The molecule has 1 fully saturated rings. The van der Waals surface area contributed by atoms with Crippen LogP contribution in [0.15, 0.2) is 67.3 Å². The second-order valence-electron chi connectivity index (χ2n) is 13.3. The SMILES string of the molecule is NCCCC[C@H](NC(=O)[C@@H](N)Cc1c[nH]c2ccccc12)C(=O)N[C@@H](Cc1cnc[nH]1)C(=O)N[C@@H](Cc1ccc(O)cc1)C(=O)N1CCC[C@H]1C(=O)O. The summed E-state index contributed by atoms with van der Waals surface area (Å²) in [6.45, 7) is 0.585. The van der Waals surface area contributed by atoms with Gasteiger partial charge in [0.2, 0.25) is 23.6 Å². The number of likely N-dealkylation sites (tertiary alicyclic amines) is 1. The van der Waals surface area contributed by atoms with Gasteiger partial charge in [-0.25, -0.2) is 9.78 Å². The molecule has 4 aromatic rings. The number of phenolic OH excluding ortho intramolecular Hbond substituents is 1. The van der Waals surface area contributed by atoms with Gasteiger partial charge in [0.1, 0.15) is 29.9 Å². The zero-order valence-corrected chi connectivity index (χ0v) is 29.3. The van der Waals surface area contributed by atoms with Gasteiger partial charge in [0.25, 0.3) is 0 Å². The maximum atomic E-state index is 14.1. The first kappa shape index (κ1) is 38.5. The van der Waals surface area contributed by atoms with Gasteiger partial charge in [0.15, 0.2) is 0 Å². The lowest BCUT2D eigenvalue weighted by molar-refractivity contribution is -0.149. The number of unbranched alkanes of at least 4 members (excludes halogenated alkanes) is 1. The Kier molecular flexibility index (Phi) is 13.2. The largest absolute Gasteiger partial charge is 0.508 e. The van der Waals surface area contributed by atoms with Crippen LogP contribution in [0.2, 0.25) is 0 Å². The molecule has 3 heterocycles. The quantitative estimate of drug-likeness (QED) is 0.0645. The summed E-state index contributed by atoms with van der Waals surface area (Å²) in [5.41, 5.74) is 14.9. The third-order valence-corrected chi connectivity index (χ3v) is 9.45. The molecule has 1 aliphatic rings.